The fourth-order valence-electron chi connectivity index (χ4n) is 2.76. The number of anilines is 1. The van der Waals surface area contributed by atoms with Gasteiger partial charge in [-0.3, -0.25) is 5.10 Å². The number of nitrogen functional groups attached to an aromatic ring is 1. The number of rotatable bonds is 3. The van der Waals surface area contributed by atoms with Gasteiger partial charge in [-0.15, -0.1) is 0 Å². The third-order valence-electron chi connectivity index (χ3n) is 4.01. The summed E-state index contributed by atoms with van der Waals surface area (Å²) in [7, 11) is 0. The Hall–Kier alpha value is -3.12. The highest BCUT2D eigenvalue weighted by Crippen LogP contribution is 2.37. The molecule has 0 aliphatic carbocycles. The molecule has 7 heteroatoms. The van der Waals surface area contributed by atoms with Crippen LogP contribution in [0.15, 0.2) is 49.1 Å². The van der Waals surface area contributed by atoms with Crippen molar-refractivity contribution < 1.29 is 4.74 Å². The zero-order valence-corrected chi connectivity index (χ0v) is 14.1. The molecule has 0 amide bonds. The molecule has 0 saturated carbocycles. The Bertz CT molecular complexity index is 1060. The average Bonchev–Trinajstić information content (AvgIpc) is 3.11. The fourth-order valence-corrected chi connectivity index (χ4v) is 2.93. The third-order valence-corrected chi connectivity index (χ3v) is 4.42. The molecule has 0 unspecified atom stereocenters. The van der Waals surface area contributed by atoms with Crippen LogP contribution in [0.5, 0.6) is 11.5 Å². The van der Waals surface area contributed by atoms with E-state index in [0.717, 1.165) is 27.6 Å². The van der Waals surface area contributed by atoms with Gasteiger partial charge in [0.1, 0.15) is 17.9 Å². The van der Waals surface area contributed by atoms with Gasteiger partial charge in [0.15, 0.2) is 5.75 Å². The molecule has 3 N–H and O–H groups in total. The van der Waals surface area contributed by atoms with Crippen LogP contribution in [-0.2, 0) is 0 Å². The molecular weight excluding hydrogens is 338 g/mol. The molecule has 124 valence electrons. The van der Waals surface area contributed by atoms with E-state index in [9.17, 15) is 0 Å². The van der Waals surface area contributed by atoms with Crippen LogP contribution in [0.4, 0.5) is 5.82 Å². The van der Waals surface area contributed by atoms with Crippen LogP contribution in [0.3, 0.4) is 0 Å². The smallest absolute Gasteiger partial charge is 0.165 e. The number of ether oxygens (including phenoxy) is 1. The molecule has 0 spiro atoms. The zero-order chi connectivity index (χ0) is 17.4. The Morgan fingerprint density at radius 2 is 2.00 bits per heavy atom. The summed E-state index contributed by atoms with van der Waals surface area (Å²) in [6.45, 7) is 1.97. The number of fused-ring (bicyclic) bond motifs is 1. The second-order valence-corrected chi connectivity index (χ2v) is 5.98. The molecule has 0 aliphatic rings. The van der Waals surface area contributed by atoms with E-state index in [1.54, 1.807) is 12.4 Å². The lowest BCUT2D eigenvalue weighted by Crippen LogP contribution is -1.97. The standard InChI is InChI=1S/C18H14ClN5O/c1-10-13(3-2-4-16(10)19)14-5-11(25-12-7-23-24-8-12)6-15-17(14)21-9-22-18(15)20/h2-9H,1H3,(H,23,24)(H2,20,21,22). The van der Waals surface area contributed by atoms with Gasteiger partial charge in [0.05, 0.1) is 17.9 Å². The highest BCUT2D eigenvalue weighted by molar-refractivity contribution is 6.31. The lowest BCUT2D eigenvalue weighted by molar-refractivity contribution is 0.484. The molecule has 0 bridgehead atoms. The lowest BCUT2D eigenvalue weighted by Gasteiger charge is -2.13. The molecule has 0 aliphatic heterocycles. The number of nitrogens with two attached hydrogens (primary N) is 1. The molecule has 4 rings (SSSR count). The maximum atomic E-state index is 6.30. The maximum Gasteiger partial charge on any atom is 0.165 e. The van der Waals surface area contributed by atoms with E-state index in [4.69, 9.17) is 22.1 Å². The zero-order valence-electron chi connectivity index (χ0n) is 13.3. The summed E-state index contributed by atoms with van der Waals surface area (Å²) in [5, 5.41) is 8.02. The second-order valence-electron chi connectivity index (χ2n) is 5.57. The molecule has 0 saturated heterocycles. The summed E-state index contributed by atoms with van der Waals surface area (Å²) in [6, 6.07) is 9.50. The number of nitrogens with one attached hydrogen (secondary N) is 1. The number of halogens is 1. The Morgan fingerprint density at radius 3 is 2.80 bits per heavy atom. The molecule has 0 atom stereocenters. The van der Waals surface area contributed by atoms with Gasteiger partial charge in [-0.25, -0.2) is 9.97 Å². The topological polar surface area (TPSA) is 89.7 Å². The fraction of sp³-hybridized carbons (Fsp3) is 0.0556. The summed E-state index contributed by atoms with van der Waals surface area (Å²) in [5.41, 5.74) is 9.62. The first-order chi connectivity index (χ1) is 12.1. The van der Waals surface area contributed by atoms with Crippen molar-refractivity contribution in [3.63, 3.8) is 0 Å². The summed E-state index contributed by atoms with van der Waals surface area (Å²) >= 11 is 6.30. The van der Waals surface area contributed by atoms with E-state index >= 15 is 0 Å². The second kappa shape index (κ2) is 6.07. The van der Waals surface area contributed by atoms with Crippen LogP contribution < -0.4 is 10.5 Å². The number of hydrogen-bond donors (Lipinski definition) is 2. The molecule has 25 heavy (non-hydrogen) atoms. The lowest BCUT2D eigenvalue weighted by atomic mass is 9.97. The monoisotopic (exact) mass is 351 g/mol. The minimum Gasteiger partial charge on any atom is -0.454 e. The van der Waals surface area contributed by atoms with Crippen molar-refractivity contribution in [3.05, 3.63) is 59.6 Å². The van der Waals surface area contributed by atoms with Crippen LogP contribution in [0, 0.1) is 6.92 Å². The number of aromatic amines is 1. The quantitative estimate of drug-likeness (QED) is 0.572. The predicted molar refractivity (Wildman–Crippen MR) is 97.8 cm³/mol. The first kappa shape index (κ1) is 15.4. The van der Waals surface area contributed by atoms with Gasteiger partial charge in [-0.05, 0) is 36.2 Å². The average molecular weight is 352 g/mol. The number of hydrogen-bond acceptors (Lipinski definition) is 5. The van der Waals surface area contributed by atoms with Crippen molar-refractivity contribution >= 4 is 28.3 Å². The number of nitrogens with zero attached hydrogens (tertiary/aromatic N) is 3. The minimum absolute atomic E-state index is 0.392. The van der Waals surface area contributed by atoms with Crippen molar-refractivity contribution in [2.24, 2.45) is 0 Å². The number of aromatic nitrogens is 4. The van der Waals surface area contributed by atoms with Crippen LogP contribution in [-0.4, -0.2) is 20.2 Å². The highest BCUT2D eigenvalue weighted by atomic mass is 35.5. The van der Waals surface area contributed by atoms with Crippen LogP contribution in [0.2, 0.25) is 5.02 Å². The van der Waals surface area contributed by atoms with Gasteiger partial charge in [-0.1, -0.05) is 23.7 Å². The number of benzene rings is 2. The van der Waals surface area contributed by atoms with Gasteiger partial charge in [-0.2, -0.15) is 5.10 Å². The Morgan fingerprint density at radius 1 is 1.12 bits per heavy atom. The van der Waals surface area contributed by atoms with Gasteiger partial charge in [0, 0.05) is 16.0 Å². The third kappa shape index (κ3) is 2.77. The molecule has 0 fully saturated rings. The number of H-pyrrole nitrogens is 1. The Balaban J connectivity index is 1.98. The van der Waals surface area contributed by atoms with Crippen molar-refractivity contribution in [1.82, 2.24) is 20.2 Å². The normalized spacial score (nSPS) is 11.0. The summed E-state index contributed by atoms with van der Waals surface area (Å²) in [4.78, 5) is 8.51. The molecule has 2 aromatic heterocycles. The summed E-state index contributed by atoms with van der Waals surface area (Å²) < 4.78 is 5.88. The largest absolute Gasteiger partial charge is 0.454 e. The van der Waals surface area contributed by atoms with Crippen molar-refractivity contribution in [2.75, 3.05) is 5.73 Å². The first-order valence-electron chi connectivity index (χ1n) is 7.60. The Labute approximate surface area is 148 Å². The van der Waals surface area contributed by atoms with Gasteiger partial charge in [0.2, 0.25) is 0 Å². The van der Waals surface area contributed by atoms with E-state index in [1.807, 2.05) is 37.3 Å². The molecule has 2 aromatic carbocycles. The van der Waals surface area contributed by atoms with Crippen LogP contribution >= 0.6 is 11.6 Å². The Kier molecular flexibility index (Phi) is 3.74. The molecule has 4 aromatic rings. The van der Waals surface area contributed by atoms with Crippen LogP contribution in [0.25, 0.3) is 22.0 Å². The predicted octanol–water partition coefficient (Wildman–Crippen LogP) is 4.36. The van der Waals surface area contributed by atoms with Crippen molar-refractivity contribution in [2.45, 2.75) is 6.92 Å². The summed E-state index contributed by atoms with van der Waals surface area (Å²) in [5.74, 6) is 1.61. The summed E-state index contributed by atoms with van der Waals surface area (Å²) in [6.07, 6.45) is 4.72. The van der Waals surface area contributed by atoms with Gasteiger partial charge < -0.3 is 10.5 Å². The van der Waals surface area contributed by atoms with Gasteiger partial charge >= 0.3 is 0 Å². The van der Waals surface area contributed by atoms with E-state index in [2.05, 4.69) is 20.2 Å². The molecule has 6 nitrogen and oxygen atoms in total. The van der Waals surface area contributed by atoms with E-state index in [-0.39, 0.29) is 0 Å². The van der Waals surface area contributed by atoms with Crippen LogP contribution in [0.1, 0.15) is 5.56 Å². The molecule has 0 radical (unpaired) electrons. The van der Waals surface area contributed by atoms with E-state index in [1.165, 1.54) is 6.33 Å². The highest BCUT2D eigenvalue weighted by Gasteiger charge is 2.14. The molecular formula is C18H14ClN5O. The van der Waals surface area contributed by atoms with Crippen molar-refractivity contribution in [1.29, 1.82) is 0 Å². The van der Waals surface area contributed by atoms with Gasteiger partial charge in [0.25, 0.3) is 0 Å². The molecule has 2 heterocycles. The first-order valence-corrected chi connectivity index (χ1v) is 7.97. The SMILES string of the molecule is Cc1c(Cl)cccc1-c1cc(Oc2cn[nH]c2)cc2c(N)ncnc12. The van der Waals surface area contributed by atoms with E-state index < -0.39 is 0 Å². The maximum absolute atomic E-state index is 6.30. The van der Waals surface area contributed by atoms with Crippen molar-refractivity contribution in [3.8, 4) is 22.6 Å². The van der Waals surface area contributed by atoms with E-state index in [0.29, 0.717) is 22.3 Å². The minimum atomic E-state index is 0.392.